The highest BCUT2D eigenvalue weighted by molar-refractivity contribution is 5.66. The van der Waals surface area contributed by atoms with Crippen molar-refractivity contribution in [3.05, 3.63) is 11.6 Å². The van der Waals surface area contributed by atoms with E-state index in [1.807, 2.05) is 0 Å². The summed E-state index contributed by atoms with van der Waals surface area (Å²) in [6, 6.07) is 0. The Bertz CT molecular complexity index is 663. The van der Waals surface area contributed by atoms with Crippen LogP contribution in [0, 0.1) is 28.6 Å². The molecule has 1 heterocycles. The van der Waals surface area contributed by atoms with Crippen molar-refractivity contribution >= 4 is 5.97 Å². The largest absolute Gasteiger partial charge is 0.462 e. The molecule has 4 aliphatic carbocycles. The second kappa shape index (κ2) is 6.06. The molecule has 0 aromatic heterocycles. The Morgan fingerprint density at radius 3 is 2.59 bits per heavy atom. The minimum absolute atomic E-state index is 0.115. The van der Waals surface area contributed by atoms with Crippen molar-refractivity contribution in [1.29, 1.82) is 0 Å². The molecule has 0 aromatic rings. The number of carbonyl (C=O) groups is 1. The summed E-state index contributed by atoms with van der Waals surface area (Å²) in [5.74, 6) is 1.73. The normalized spacial score (nSPS) is 47.7. The first kappa shape index (κ1) is 18.2. The second-order valence-corrected chi connectivity index (χ2v) is 10.3. The Morgan fingerprint density at radius 2 is 1.85 bits per heavy atom. The van der Waals surface area contributed by atoms with Gasteiger partial charge in [-0.2, -0.15) is 0 Å². The van der Waals surface area contributed by atoms with Gasteiger partial charge in [0.05, 0.1) is 13.2 Å². The van der Waals surface area contributed by atoms with Crippen LogP contribution in [0.4, 0.5) is 0 Å². The molecule has 3 unspecified atom stereocenters. The molecular weight excluding hydrogens is 340 g/mol. The number of allylic oxidation sites excluding steroid dienone is 1. The summed E-state index contributed by atoms with van der Waals surface area (Å²) in [6.07, 6.45) is 11.7. The summed E-state index contributed by atoms with van der Waals surface area (Å²) >= 11 is 0. The predicted octanol–water partition coefficient (Wildman–Crippen LogP) is 4.62. The topological polar surface area (TPSA) is 44.8 Å². The zero-order valence-electron chi connectivity index (χ0n) is 17.1. The first-order chi connectivity index (χ1) is 12.9. The summed E-state index contributed by atoms with van der Waals surface area (Å²) in [5, 5.41) is 0. The quantitative estimate of drug-likeness (QED) is 0.496. The predicted molar refractivity (Wildman–Crippen MR) is 102 cm³/mol. The fourth-order valence-corrected chi connectivity index (χ4v) is 7.69. The van der Waals surface area contributed by atoms with Gasteiger partial charge in [-0.1, -0.05) is 25.5 Å². The van der Waals surface area contributed by atoms with Crippen molar-refractivity contribution < 1.29 is 19.0 Å². The lowest BCUT2D eigenvalue weighted by molar-refractivity contribution is -0.186. The van der Waals surface area contributed by atoms with Crippen LogP contribution in [0.5, 0.6) is 0 Å². The van der Waals surface area contributed by atoms with E-state index in [0.717, 1.165) is 44.3 Å². The van der Waals surface area contributed by atoms with Crippen LogP contribution in [0.3, 0.4) is 0 Å². The second-order valence-electron chi connectivity index (χ2n) is 10.3. The van der Waals surface area contributed by atoms with Crippen LogP contribution in [-0.4, -0.2) is 31.1 Å². The van der Waals surface area contributed by atoms with E-state index in [9.17, 15) is 4.79 Å². The number of ether oxygens (including phenoxy) is 3. The molecule has 1 saturated heterocycles. The lowest BCUT2D eigenvalue weighted by Gasteiger charge is -2.58. The Hall–Kier alpha value is -0.870. The summed E-state index contributed by atoms with van der Waals surface area (Å²) in [5.41, 5.74) is 2.06. The van der Waals surface area contributed by atoms with E-state index in [2.05, 4.69) is 19.9 Å². The van der Waals surface area contributed by atoms with Crippen LogP contribution in [0.25, 0.3) is 0 Å². The average molecular weight is 375 g/mol. The van der Waals surface area contributed by atoms with Crippen LogP contribution in [0.15, 0.2) is 11.6 Å². The molecule has 0 aromatic carbocycles. The lowest BCUT2D eigenvalue weighted by Crippen LogP contribution is -2.53. The summed E-state index contributed by atoms with van der Waals surface area (Å²) in [7, 11) is 0. The zero-order valence-corrected chi connectivity index (χ0v) is 17.1. The highest BCUT2D eigenvalue weighted by atomic mass is 16.7. The van der Waals surface area contributed by atoms with Crippen LogP contribution in [-0.2, 0) is 19.0 Å². The third kappa shape index (κ3) is 2.58. The van der Waals surface area contributed by atoms with Gasteiger partial charge in [0.2, 0.25) is 0 Å². The number of fused-ring (bicyclic) bond motifs is 5. The fourth-order valence-electron chi connectivity index (χ4n) is 7.69. The Kier molecular flexibility index (Phi) is 4.08. The van der Waals surface area contributed by atoms with Crippen molar-refractivity contribution in [1.82, 2.24) is 0 Å². The van der Waals surface area contributed by atoms with Gasteiger partial charge in [-0.3, -0.25) is 4.79 Å². The molecule has 0 amide bonds. The number of esters is 1. The minimum atomic E-state index is -0.324. The molecular formula is C23H34O4. The van der Waals surface area contributed by atoms with Gasteiger partial charge in [0.15, 0.2) is 5.79 Å². The van der Waals surface area contributed by atoms with Gasteiger partial charge in [0, 0.05) is 25.2 Å². The molecule has 6 atom stereocenters. The molecule has 27 heavy (non-hydrogen) atoms. The number of carbonyl (C=O) groups excluding carboxylic acids is 1. The number of hydrogen-bond donors (Lipinski definition) is 0. The highest BCUT2D eigenvalue weighted by Crippen LogP contribution is 2.66. The standard InChI is InChI=1S/C23H34O4/c1-15(24)27-20-7-6-18-17-5-4-16-14-23(25-12-13-26-23)11-10-21(16,2)19(17)8-9-22(18,20)3/h4,17-20H,5-14H2,1-3H3/t17?,18?,19?,20-,21-,22-/m0/s1. The van der Waals surface area contributed by atoms with Crippen LogP contribution in [0.2, 0.25) is 0 Å². The van der Waals surface area contributed by atoms with Crippen LogP contribution < -0.4 is 0 Å². The van der Waals surface area contributed by atoms with E-state index in [4.69, 9.17) is 14.2 Å². The van der Waals surface area contributed by atoms with E-state index in [-0.39, 0.29) is 23.3 Å². The highest BCUT2D eigenvalue weighted by Gasteiger charge is 2.61. The maximum absolute atomic E-state index is 11.6. The summed E-state index contributed by atoms with van der Waals surface area (Å²) in [4.78, 5) is 11.6. The van der Waals surface area contributed by atoms with Gasteiger partial charge in [0.25, 0.3) is 0 Å². The monoisotopic (exact) mass is 374 g/mol. The molecule has 5 rings (SSSR count). The van der Waals surface area contributed by atoms with Crippen LogP contribution in [0.1, 0.15) is 72.1 Å². The molecule has 4 fully saturated rings. The fraction of sp³-hybridized carbons (Fsp3) is 0.870. The SMILES string of the molecule is CC(=O)O[C@H]1CCC2C3CC=C4CC5(CC[C@]4(C)C3CC[C@@]21C)OCCO5. The van der Waals surface area contributed by atoms with Crippen molar-refractivity contribution in [2.45, 2.75) is 84.0 Å². The molecule has 0 N–H and O–H groups in total. The summed E-state index contributed by atoms with van der Waals surface area (Å²) < 4.78 is 17.8. The molecule has 0 radical (unpaired) electrons. The zero-order chi connectivity index (χ0) is 18.9. The Labute approximate surface area is 163 Å². The molecule has 3 saturated carbocycles. The van der Waals surface area contributed by atoms with Crippen molar-refractivity contribution in [2.75, 3.05) is 13.2 Å². The lowest BCUT2D eigenvalue weighted by atomic mass is 9.47. The first-order valence-electron chi connectivity index (χ1n) is 11.0. The maximum Gasteiger partial charge on any atom is 0.302 e. The van der Waals surface area contributed by atoms with Crippen molar-refractivity contribution in [3.8, 4) is 0 Å². The third-order valence-electron chi connectivity index (χ3n) is 9.15. The van der Waals surface area contributed by atoms with Crippen LogP contribution >= 0.6 is 0 Å². The van der Waals surface area contributed by atoms with Gasteiger partial charge in [0.1, 0.15) is 6.10 Å². The van der Waals surface area contributed by atoms with E-state index in [0.29, 0.717) is 11.3 Å². The van der Waals surface area contributed by atoms with Crippen molar-refractivity contribution in [3.63, 3.8) is 0 Å². The van der Waals surface area contributed by atoms with E-state index >= 15 is 0 Å². The van der Waals surface area contributed by atoms with Gasteiger partial charge < -0.3 is 14.2 Å². The van der Waals surface area contributed by atoms with E-state index < -0.39 is 0 Å². The minimum Gasteiger partial charge on any atom is -0.462 e. The number of rotatable bonds is 1. The summed E-state index contributed by atoms with van der Waals surface area (Å²) in [6.45, 7) is 7.96. The Balaban J connectivity index is 1.41. The molecule has 4 heteroatoms. The molecule has 1 spiro atoms. The van der Waals surface area contributed by atoms with E-state index in [1.54, 1.807) is 12.5 Å². The molecule has 4 nitrogen and oxygen atoms in total. The molecule has 150 valence electrons. The average Bonchev–Trinajstić information content (AvgIpc) is 3.21. The van der Waals surface area contributed by atoms with Crippen molar-refractivity contribution in [2.24, 2.45) is 28.6 Å². The molecule has 1 aliphatic heterocycles. The van der Waals surface area contributed by atoms with E-state index in [1.165, 1.54) is 32.1 Å². The third-order valence-corrected chi connectivity index (χ3v) is 9.15. The van der Waals surface area contributed by atoms with Gasteiger partial charge in [-0.25, -0.2) is 0 Å². The van der Waals surface area contributed by atoms with Gasteiger partial charge >= 0.3 is 5.97 Å². The number of hydrogen-bond acceptors (Lipinski definition) is 4. The van der Waals surface area contributed by atoms with Gasteiger partial charge in [-0.05, 0) is 61.7 Å². The first-order valence-corrected chi connectivity index (χ1v) is 11.0. The molecule has 0 bridgehead atoms. The maximum atomic E-state index is 11.6. The molecule has 5 aliphatic rings. The Morgan fingerprint density at radius 1 is 1.07 bits per heavy atom. The smallest absolute Gasteiger partial charge is 0.302 e. The van der Waals surface area contributed by atoms with Gasteiger partial charge in [-0.15, -0.1) is 0 Å².